The normalized spacial score (nSPS) is 10.4. The van der Waals surface area contributed by atoms with Crippen molar-refractivity contribution in [2.75, 3.05) is 12.8 Å². The molecule has 0 spiro atoms. The number of methoxy groups -OCH3 is 1. The smallest absolute Gasteiger partial charge is 0.337 e. The average Bonchev–Trinajstić information content (AvgIpc) is 2.66. The number of benzene rings is 2. The molecule has 0 unspecified atom stereocenters. The van der Waals surface area contributed by atoms with Gasteiger partial charge in [0, 0.05) is 4.90 Å². The van der Waals surface area contributed by atoms with Crippen molar-refractivity contribution in [3.8, 4) is 11.6 Å². The molecule has 3 rings (SSSR count). The predicted molar refractivity (Wildman–Crippen MR) is 99.6 cm³/mol. The first-order valence-corrected chi connectivity index (χ1v) is 8.59. The van der Waals surface area contributed by atoms with E-state index in [1.54, 1.807) is 24.3 Å². The number of nitrogens with zero attached hydrogens (tertiary/aromatic N) is 2. The lowest BCUT2D eigenvalue weighted by Gasteiger charge is -2.10. The van der Waals surface area contributed by atoms with E-state index in [0.717, 1.165) is 4.90 Å². The van der Waals surface area contributed by atoms with Gasteiger partial charge in [0.15, 0.2) is 0 Å². The molecule has 0 aliphatic carbocycles. The third-order valence-corrected chi connectivity index (χ3v) is 4.56. The maximum Gasteiger partial charge on any atom is 0.337 e. The van der Waals surface area contributed by atoms with E-state index in [4.69, 9.17) is 10.5 Å². The van der Waals surface area contributed by atoms with E-state index in [1.165, 1.54) is 30.8 Å². The molecule has 0 saturated carbocycles. The number of hydrogen-bond donors (Lipinski definition) is 1. The van der Waals surface area contributed by atoms with Crippen LogP contribution < -0.4 is 10.5 Å². The van der Waals surface area contributed by atoms with Crippen molar-refractivity contribution in [3.05, 3.63) is 66.0 Å². The number of rotatable bonds is 5. The fraction of sp³-hybridized carbons (Fsp3) is 0.105. The summed E-state index contributed by atoms with van der Waals surface area (Å²) in [6.07, 6.45) is 1.41. The molecule has 0 aliphatic rings. The molecule has 0 aliphatic heterocycles. The quantitative estimate of drug-likeness (QED) is 0.536. The second-order valence-corrected chi connectivity index (χ2v) is 6.49. The summed E-state index contributed by atoms with van der Waals surface area (Å²) in [5.74, 6) is 0.365. The van der Waals surface area contributed by atoms with Gasteiger partial charge in [-0.05, 0) is 43.3 Å². The average molecular weight is 367 g/mol. The van der Waals surface area contributed by atoms with E-state index in [9.17, 15) is 4.79 Å². The summed E-state index contributed by atoms with van der Waals surface area (Å²) < 4.78 is 10.4. The molecule has 1 aromatic heterocycles. The molecule has 2 aromatic carbocycles. The highest BCUT2D eigenvalue weighted by atomic mass is 32.2. The molecule has 0 radical (unpaired) electrons. The van der Waals surface area contributed by atoms with Crippen LogP contribution in [0.25, 0.3) is 0 Å². The highest BCUT2D eigenvalue weighted by Crippen LogP contribution is 2.35. The van der Waals surface area contributed by atoms with Gasteiger partial charge in [-0.25, -0.2) is 9.78 Å². The molecular weight excluding hydrogens is 350 g/mol. The summed E-state index contributed by atoms with van der Waals surface area (Å²) in [6.45, 7) is 2.03. The molecule has 6 nitrogen and oxygen atoms in total. The van der Waals surface area contributed by atoms with Gasteiger partial charge in [-0.3, -0.25) is 0 Å². The molecule has 7 heteroatoms. The van der Waals surface area contributed by atoms with E-state index in [-0.39, 0.29) is 5.88 Å². The molecule has 0 saturated heterocycles. The van der Waals surface area contributed by atoms with Gasteiger partial charge < -0.3 is 15.2 Å². The van der Waals surface area contributed by atoms with Gasteiger partial charge in [0.2, 0.25) is 5.88 Å². The van der Waals surface area contributed by atoms with Crippen molar-refractivity contribution < 1.29 is 14.3 Å². The Labute approximate surface area is 155 Å². The van der Waals surface area contributed by atoms with E-state index in [0.29, 0.717) is 22.0 Å². The number of carbonyl (C=O) groups is 1. The number of aromatic nitrogens is 2. The zero-order valence-electron chi connectivity index (χ0n) is 14.3. The predicted octanol–water partition coefficient (Wildman–Crippen LogP) is 4.10. The van der Waals surface area contributed by atoms with Crippen LogP contribution in [0.3, 0.4) is 0 Å². The summed E-state index contributed by atoms with van der Waals surface area (Å²) in [6, 6.07) is 14.6. The number of nitrogen functional groups attached to an aromatic ring is 1. The van der Waals surface area contributed by atoms with E-state index in [1.807, 2.05) is 31.2 Å². The van der Waals surface area contributed by atoms with Crippen molar-refractivity contribution >= 4 is 23.4 Å². The van der Waals surface area contributed by atoms with Crippen LogP contribution in [0.4, 0.5) is 5.69 Å². The molecule has 2 N–H and O–H groups in total. The van der Waals surface area contributed by atoms with Crippen LogP contribution >= 0.6 is 11.8 Å². The minimum absolute atomic E-state index is 0.264. The maximum atomic E-state index is 11.5. The third kappa shape index (κ3) is 4.12. The number of hydrogen-bond acceptors (Lipinski definition) is 7. The van der Waals surface area contributed by atoms with Crippen LogP contribution in [0.15, 0.2) is 64.8 Å². The van der Waals surface area contributed by atoms with Crippen LogP contribution in [-0.4, -0.2) is 23.0 Å². The van der Waals surface area contributed by atoms with Crippen LogP contribution in [0.2, 0.25) is 0 Å². The molecule has 26 heavy (non-hydrogen) atoms. The minimum atomic E-state index is -0.408. The van der Waals surface area contributed by atoms with E-state index in [2.05, 4.69) is 14.7 Å². The van der Waals surface area contributed by atoms with Crippen molar-refractivity contribution in [1.29, 1.82) is 0 Å². The highest BCUT2D eigenvalue weighted by molar-refractivity contribution is 7.99. The van der Waals surface area contributed by atoms with Gasteiger partial charge in [-0.2, -0.15) is 4.98 Å². The third-order valence-electron chi connectivity index (χ3n) is 3.54. The zero-order valence-corrected chi connectivity index (χ0v) is 15.1. The Balaban J connectivity index is 1.78. The fourth-order valence-electron chi connectivity index (χ4n) is 2.13. The molecule has 0 atom stereocenters. The summed E-state index contributed by atoms with van der Waals surface area (Å²) in [7, 11) is 1.33. The first kappa shape index (κ1) is 17.8. The fourth-order valence-corrected chi connectivity index (χ4v) is 2.93. The van der Waals surface area contributed by atoms with Gasteiger partial charge in [-0.1, -0.05) is 29.5 Å². The minimum Gasteiger partial charge on any atom is -0.465 e. The van der Waals surface area contributed by atoms with Crippen molar-refractivity contribution in [2.24, 2.45) is 0 Å². The lowest BCUT2D eigenvalue weighted by Crippen LogP contribution is -2.01. The molecule has 1 heterocycles. The van der Waals surface area contributed by atoms with Crippen LogP contribution in [0, 0.1) is 6.92 Å². The second kappa shape index (κ2) is 7.88. The van der Waals surface area contributed by atoms with Crippen LogP contribution in [0.1, 0.15) is 15.9 Å². The summed E-state index contributed by atoms with van der Waals surface area (Å²) in [5, 5.41) is 0.616. The Hall–Kier alpha value is -3.06. The van der Waals surface area contributed by atoms with Gasteiger partial charge in [0.05, 0.1) is 12.7 Å². The van der Waals surface area contributed by atoms with Gasteiger partial charge >= 0.3 is 5.97 Å². The summed E-state index contributed by atoms with van der Waals surface area (Å²) in [4.78, 5) is 20.8. The van der Waals surface area contributed by atoms with Crippen molar-refractivity contribution in [1.82, 2.24) is 9.97 Å². The van der Waals surface area contributed by atoms with Crippen LogP contribution in [0.5, 0.6) is 11.6 Å². The number of esters is 1. The largest absolute Gasteiger partial charge is 0.465 e. The Morgan fingerprint density at radius 2 is 1.73 bits per heavy atom. The number of carbonyl (C=O) groups excluding carboxylic acids is 1. The Morgan fingerprint density at radius 3 is 2.38 bits per heavy atom. The number of ether oxygens (including phenoxy) is 2. The Morgan fingerprint density at radius 1 is 1.04 bits per heavy atom. The first-order valence-electron chi connectivity index (χ1n) is 7.78. The highest BCUT2D eigenvalue weighted by Gasteiger charge is 2.12. The SMILES string of the molecule is COC(=O)c1ccc(Oc2ncnc(Sc3ccc(C)cc3)c2N)cc1. The number of aryl methyl sites for hydroxylation is 1. The topological polar surface area (TPSA) is 87.3 Å². The van der Waals surface area contributed by atoms with E-state index < -0.39 is 5.97 Å². The van der Waals surface area contributed by atoms with Gasteiger partial charge in [-0.15, -0.1) is 0 Å². The molecule has 0 bridgehead atoms. The molecule has 132 valence electrons. The molecule has 0 fully saturated rings. The van der Waals surface area contributed by atoms with Crippen molar-refractivity contribution in [2.45, 2.75) is 16.8 Å². The molecule has 0 amide bonds. The lowest BCUT2D eigenvalue weighted by molar-refractivity contribution is 0.0600. The second-order valence-electron chi connectivity index (χ2n) is 5.43. The number of anilines is 1. The van der Waals surface area contributed by atoms with Crippen molar-refractivity contribution in [3.63, 3.8) is 0 Å². The Kier molecular flexibility index (Phi) is 5.38. The van der Waals surface area contributed by atoms with Gasteiger partial charge in [0.25, 0.3) is 0 Å². The summed E-state index contributed by atoms with van der Waals surface area (Å²) >= 11 is 1.44. The lowest BCUT2D eigenvalue weighted by atomic mass is 10.2. The maximum absolute atomic E-state index is 11.5. The number of nitrogens with two attached hydrogens (primary N) is 1. The molecule has 3 aromatic rings. The monoisotopic (exact) mass is 367 g/mol. The zero-order chi connectivity index (χ0) is 18.5. The van der Waals surface area contributed by atoms with Gasteiger partial charge in [0.1, 0.15) is 22.8 Å². The standard InChI is InChI=1S/C19H17N3O3S/c1-12-3-9-15(10-4-12)26-18-16(20)17(21-11-22-18)25-14-7-5-13(6-8-14)19(23)24-2/h3-11H,20H2,1-2H3. The summed E-state index contributed by atoms with van der Waals surface area (Å²) in [5.41, 5.74) is 8.14. The first-order chi connectivity index (χ1) is 12.6. The Bertz CT molecular complexity index is 912. The van der Waals surface area contributed by atoms with E-state index >= 15 is 0 Å². The molecular formula is C19H17N3O3S. The van der Waals surface area contributed by atoms with Crippen LogP contribution in [-0.2, 0) is 4.74 Å².